The van der Waals surface area contributed by atoms with Crippen molar-refractivity contribution in [3.63, 3.8) is 0 Å². The maximum absolute atomic E-state index is 10.8. The summed E-state index contributed by atoms with van der Waals surface area (Å²) in [5.41, 5.74) is 1.28. The first kappa shape index (κ1) is 13.2. The van der Waals surface area contributed by atoms with Gasteiger partial charge in [0.15, 0.2) is 0 Å². The highest BCUT2D eigenvalue weighted by atomic mass is 32.1. The second-order valence-corrected chi connectivity index (χ2v) is 5.27. The van der Waals surface area contributed by atoms with Crippen molar-refractivity contribution in [2.75, 3.05) is 13.6 Å². The van der Waals surface area contributed by atoms with E-state index in [2.05, 4.69) is 30.2 Å². The number of thiophene rings is 1. The normalized spacial score (nSPS) is 15.1. The van der Waals surface area contributed by atoms with E-state index in [0.717, 1.165) is 0 Å². The maximum atomic E-state index is 10.8. The molecule has 2 unspecified atom stereocenters. The molecule has 2 atom stereocenters. The minimum Gasteiger partial charge on any atom is -0.481 e. The van der Waals surface area contributed by atoms with Gasteiger partial charge in [-0.1, -0.05) is 6.92 Å². The van der Waals surface area contributed by atoms with Crippen LogP contribution in [-0.4, -0.2) is 29.6 Å². The van der Waals surface area contributed by atoms with Crippen LogP contribution >= 0.6 is 11.3 Å². The van der Waals surface area contributed by atoms with Crippen LogP contribution in [-0.2, 0) is 4.79 Å². The minimum absolute atomic E-state index is 0.279. The van der Waals surface area contributed by atoms with Gasteiger partial charge in [-0.15, -0.1) is 11.3 Å². The van der Waals surface area contributed by atoms with Crippen LogP contribution in [0.15, 0.2) is 11.4 Å². The third-order valence-electron chi connectivity index (χ3n) is 2.93. The Kier molecular flexibility index (Phi) is 4.50. The van der Waals surface area contributed by atoms with E-state index in [-0.39, 0.29) is 12.0 Å². The summed E-state index contributed by atoms with van der Waals surface area (Å²) in [6, 6.07) is 2.38. The molecule has 0 aliphatic rings. The molecule has 0 radical (unpaired) electrons. The van der Waals surface area contributed by atoms with Crippen LogP contribution in [0, 0.1) is 12.8 Å². The van der Waals surface area contributed by atoms with E-state index >= 15 is 0 Å². The van der Waals surface area contributed by atoms with Gasteiger partial charge in [-0.25, -0.2) is 0 Å². The average Bonchev–Trinajstić information content (AvgIpc) is 2.62. The van der Waals surface area contributed by atoms with Crippen molar-refractivity contribution in [1.82, 2.24) is 4.90 Å². The van der Waals surface area contributed by atoms with Crippen LogP contribution in [0.3, 0.4) is 0 Å². The van der Waals surface area contributed by atoms with Gasteiger partial charge in [0.25, 0.3) is 0 Å². The Hall–Kier alpha value is -0.870. The molecule has 0 aromatic carbocycles. The quantitative estimate of drug-likeness (QED) is 0.861. The molecule has 0 saturated carbocycles. The summed E-state index contributed by atoms with van der Waals surface area (Å²) < 4.78 is 0. The van der Waals surface area contributed by atoms with Crippen molar-refractivity contribution in [1.29, 1.82) is 0 Å². The van der Waals surface area contributed by atoms with Gasteiger partial charge in [-0.2, -0.15) is 0 Å². The first-order valence-electron chi connectivity index (χ1n) is 5.40. The highest BCUT2D eigenvalue weighted by molar-refractivity contribution is 7.10. The summed E-state index contributed by atoms with van der Waals surface area (Å²) in [5, 5.41) is 11.0. The smallest absolute Gasteiger partial charge is 0.307 e. The highest BCUT2D eigenvalue weighted by Crippen LogP contribution is 2.27. The number of carbonyl (C=O) groups is 1. The monoisotopic (exact) mass is 241 g/mol. The molecule has 0 amide bonds. The number of aryl methyl sites for hydroxylation is 1. The van der Waals surface area contributed by atoms with Crippen molar-refractivity contribution < 1.29 is 9.90 Å². The summed E-state index contributed by atoms with van der Waals surface area (Å²) in [6.45, 7) is 6.53. The molecule has 1 rings (SSSR count). The first-order valence-corrected chi connectivity index (χ1v) is 6.28. The highest BCUT2D eigenvalue weighted by Gasteiger charge is 2.19. The molecule has 1 N–H and O–H groups in total. The molecule has 1 aromatic rings. The fourth-order valence-corrected chi connectivity index (χ4v) is 2.73. The van der Waals surface area contributed by atoms with Gasteiger partial charge < -0.3 is 5.11 Å². The summed E-state index contributed by atoms with van der Waals surface area (Å²) in [5.74, 6) is -1.06. The SMILES string of the molecule is Cc1ccsc1C(C)N(C)CC(C)C(=O)O. The molecule has 1 heterocycles. The van der Waals surface area contributed by atoms with E-state index in [9.17, 15) is 4.79 Å². The topological polar surface area (TPSA) is 40.5 Å². The summed E-state index contributed by atoms with van der Waals surface area (Å²) >= 11 is 1.73. The van der Waals surface area contributed by atoms with Crippen LogP contribution in [0.2, 0.25) is 0 Å². The predicted octanol–water partition coefficient (Wildman–Crippen LogP) is 2.77. The Balaban J connectivity index is 2.64. The third kappa shape index (κ3) is 3.06. The zero-order valence-corrected chi connectivity index (χ0v) is 11.0. The van der Waals surface area contributed by atoms with E-state index in [4.69, 9.17) is 5.11 Å². The predicted molar refractivity (Wildman–Crippen MR) is 66.9 cm³/mol. The molecule has 0 spiro atoms. The number of carboxylic acids is 1. The van der Waals surface area contributed by atoms with Gasteiger partial charge in [-0.05, 0) is 37.9 Å². The Bertz CT molecular complexity index is 362. The number of rotatable bonds is 5. The molecule has 4 heteroatoms. The van der Waals surface area contributed by atoms with Gasteiger partial charge in [-0.3, -0.25) is 9.69 Å². The van der Waals surface area contributed by atoms with Crippen molar-refractivity contribution in [3.05, 3.63) is 21.9 Å². The van der Waals surface area contributed by atoms with Gasteiger partial charge in [0.05, 0.1) is 5.92 Å². The molecule has 0 fully saturated rings. The largest absolute Gasteiger partial charge is 0.481 e. The zero-order valence-electron chi connectivity index (χ0n) is 10.2. The molecular weight excluding hydrogens is 222 g/mol. The van der Waals surface area contributed by atoms with Crippen LogP contribution < -0.4 is 0 Å². The Morgan fingerprint density at radius 2 is 2.19 bits per heavy atom. The Morgan fingerprint density at radius 1 is 1.56 bits per heavy atom. The number of hydrogen-bond acceptors (Lipinski definition) is 3. The number of carboxylic acid groups (broad SMARTS) is 1. The van der Waals surface area contributed by atoms with Crippen LogP contribution in [0.4, 0.5) is 0 Å². The standard InChI is InChI=1S/C12H19NO2S/c1-8-5-6-16-11(8)10(3)13(4)7-9(2)12(14)15/h5-6,9-10H,7H2,1-4H3,(H,14,15). The Labute approximate surface area is 101 Å². The number of aliphatic carboxylic acids is 1. The average molecular weight is 241 g/mol. The zero-order chi connectivity index (χ0) is 12.3. The lowest BCUT2D eigenvalue weighted by molar-refractivity contribution is -0.141. The summed E-state index contributed by atoms with van der Waals surface area (Å²) in [4.78, 5) is 14.2. The second-order valence-electron chi connectivity index (χ2n) is 4.32. The summed E-state index contributed by atoms with van der Waals surface area (Å²) in [7, 11) is 1.98. The lowest BCUT2D eigenvalue weighted by Crippen LogP contribution is -2.30. The van der Waals surface area contributed by atoms with Crippen LogP contribution in [0.1, 0.15) is 30.3 Å². The number of nitrogens with zero attached hydrogens (tertiary/aromatic N) is 1. The van der Waals surface area contributed by atoms with Crippen LogP contribution in [0.25, 0.3) is 0 Å². The fourth-order valence-electron chi connectivity index (χ4n) is 1.68. The number of hydrogen-bond donors (Lipinski definition) is 1. The lowest BCUT2D eigenvalue weighted by atomic mass is 10.1. The van der Waals surface area contributed by atoms with Crippen molar-refractivity contribution >= 4 is 17.3 Å². The van der Waals surface area contributed by atoms with E-state index in [1.54, 1.807) is 18.3 Å². The van der Waals surface area contributed by atoms with Crippen LogP contribution in [0.5, 0.6) is 0 Å². The van der Waals surface area contributed by atoms with E-state index in [1.807, 2.05) is 7.05 Å². The molecule has 0 aliphatic heterocycles. The minimum atomic E-state index is -0.734. The van der Waals surface area contributed by atoms with E-state index in [1.165, 1.54) is 10.4 Å². The van der Waals surface area contributed by atoms with Gasteiger partial charge in [0.2, 0.25) is 0 Å². The molecule has 0 bridgehead atoms. The van der Waals surface area contributed by atoms with Crippen molar-refractivity contribution in [3.8, 4) is 0 Å². The molecule has 0 aliphatic carbocycles. The molecule has 1 aromatic heterocycles. The molecule has 0 saturated heterocycles. The van der Waals surface area contributed by atoms with E-state index < -0.39 is 5.97 Å². The van der Waals surface area contributed by atoms with E-state index in [0.29, 0.717) is 6.54 Å². The van der Waals surface area contributed by atoms with Gasteiger partial charge >= 0.3 is 5.97 Å². The Morgan fingerprint density at radius 3 is 2.62 bits per heavy atom. The molecule has 16 heavy (non-hydrogen) atoms. The first-order chi connectivity index (χ1) is 7.43. The lowest BCUT2D eigenvalue weighted by Gasteiger charge is -2.26. The second kappa shape index (κ2) is 5.46. The van der Waals surface area contributed by atoms with Crippen molar-refractivity contribution in [2.45, 2.75) is 26.8 Å². The van der Waals surface area contributed by atoms with Gasteiger partial charge in [0.1, 0.15) is 0 Å². The molecular formula is C12H19NO2S. The molecule has 90 valence electrons. The maximum Gasteiger partial charge on any atom is 0.307 e. The fraction of sp³-hybridized carbons (Fsp3) is 0.583. The third-order valence-corrected chi connectivity index (χ3v) is 4.11. The summed E-state index contributed by atoms with van der Waals surface area (Å²) in [6.07, 6.45) is 0. The van der Waals surface area contributed by atoms with Gasteiger partial charge in [0, 0.05) is 17.5 Å². The molecule has 3 nitrogen and oxygen atoms in total. The van der Waals surface area contributed by atoms with Crippen molar-refractivity contribution in [2.24, 2.45) is 5.92 Å².